The maximum absolute atomic E-state index is 13.3. The molecule has 3 amide bonds. The first-order chi connectivity index (χ1) is 15.8. The molecule has 9 nitrogen and oxygen atoms in total. The largest absolute Gasteiger partial charge is 0.292 e. The number of rotatable bonds is 6. The van der Waals surface area contributed by atoms with E-state index in [4.69, 9.17) is 11.6 Å². The molecule has 10 heteroatoms. The SMILES string of the molecule is O=C(CN(C(=O)c1ccc(Cl)cc1)N1C(=O)[C@@H]2CC=CC[C@H]2C1=O)c1cccc([N+](=O)[O-])c1. The Kier molecular flexibility index (Phi) is 6.06. The number of hydrogen-bond acceptors (Lipinski definition) is 6. The maximum atomic E-state index is 13.3. The van der Waals surface area contributed by atoms with Gasteiger partial charge in [-0.1, -0.05) is 35.9 Å². The Morgan fingerprint density at radius 3 is 2.18 bits per heavy atom. The number of amides is 3. The first-order valence-electron chi connectivity index (χ1n) is 10.2. The van der Waals surface area contributed by atoms with Crippen molar-refractivity contribution in [2.45, 2.75) is 12.8 Å². The molecule has 1 aliphatic carbocycles. The first kappa shape index (κ1) is 22.3. The van der Waals surface area contributed by atoms with Crippen molar-refractivity contribution in [1.82, 2.24) is 10.0 Å². The normalized spacial score (nSPS) is 19.4. The van der Waals surface area contributed by atoms with Crippen molar-refractivity contribution in [3.05, 3.63) is 86.9 Å². The van der Waals surface area contributed by atoms with Crippen molar-refractivity contribution < 1.29 is 24.1 Å². The van der Waals surface area contributed by atoms with E-state index < -0.39 is 46.8 Å². The van der Waals surface area contributed by atoms with Crippen LogP contribution in [0.1, 0.15) is 33.6 Å². The topological polar surface area (TPSA) is 118 Å². The van der Waals surface area contributed by atoms with Crippen LogP contribution in [0.5, 0.6) is 0 Å². The molecule has 168 valence electrons. The Morgan fingerprint density at radius 1 is 1.00 bits per heavy atom. The average molecular weight is 468 g/mol. The number of Topliss-reactive ketones (excluding diaryl/α,β-unsaturated/α-hetero) is 1. The molecular weight excluding hydrogens is 450 g/mol. The van der Waals surface area contributed by atoms with Crippen LogP contribution in [0.2, 0.25) is 5.02 Å². The number of carbonyl (C=O) groups excluding carboxylic acids is 4. The van der Waals surface area contributed by atoms with Gasteiger partial charge >= 0.3 is 0 Å². The number of nitrogens with zero attached hydrogens (tertiary/aromatic N) is 3. The molecule has 1 aliphatic heterocycles. The summed E-state index contributed by atoms with van der Waals surface area (Å²) in [6.07, 6.45) is 4.37. The third-order valence-corrected chi connectivity index (χ3v) is 5.98. The molecule has 1 heterocycles. The number of halogens is 1. The zero-order chi connectivity index (χ0) is 23.7. The highest BCUT2D eigenvalue weighted by molar-refractivity contribution is 6.30. The molecule has 0 spiro atoms. The number of carbonyl (C=O) groups is 4. The van der Waals surface area contributed by atoms with Gasteiger partial charge in [-0.05, 0) is 37.1 Å². The van der Waals surface area contributed by atoms with E-state index in [9.17, 15) is 29.3 Å². The summed E-state index contributed by atoms with van der Waals surface area (Å²) < 4.78 is 0. The number of benzene rings is 2. The summed E-state index contributed by atoms with van der Waals surface area (Å²) in [5, 5.41) is 13.0. The maximum Gasteiger partial charge on any atom is 0.273 e. The molecule has 0 saturated carbocycles. The van der Waals surface area contributed by atoms with Crippen LogP contribution in [0.25, 0.3) is 0 Å². The Morgan fingerprint density at radius 2 is 1.61 bits per heavy atom. The second-order valence-electron chi connectivity index (χ2n) is 7.74. The highest BCUT2D eigenvalue weighted by Gasteiger charge is 2.51. The standard InChI is InChI=1S/C23H18ClN3O6/c24-16-10-8-14(9-11-16)21(29)25(13-20(28)15-4-3-5-17(12-15)27(32)33)26-22(30)18-6-1-2-7-19(18)23(26)31/h1-5,8-12,18-19H,6-7,13H2/t18-,19-/m1/s1. The van der Waals surface area contributed by atoms with Crippen molar-refractivity contribution in [2.24, 2.45) is 11.8 Å². The van der Waals surface area contributed by atoms with Gasteiger partial charge in [-0.15, -0.1) is 0 Å². The Hall–Kier alpha value is -3.85. The molecule has 0 bridgehead atoms. The summed E-state index contributed by atoms with van der Waals surface area (Å²) in [5.41, 5.74) is -0.182. The molecule has 0 unspecified atom stereocenters. The molecule has 33 heavy (non-hydrogen) atoms. The minimum Gasteiger partial charge on any atom is -0.292 e. The van der Waals surface area contributed by atoms with Gasteiger partial charge in [0.25, 0.3) is 23.4 Å². The first-order valence-corrected chi connectivity index (χ1v) is 10.5. The second kappa shape index (κ2) is 8.95. The molecule has 2 aromatic rings. The van der Waals surface area contributed by atoms with E-state index in [1.54, 1.807) is 0 Å². The predicted molar refractivity (Wildman–Crippen MR) is 117 cm³/mol. The molecule has 2 atom stereocenters. The van der Waals surface area contributed by atoms with E-state index in [2.05, 4.69) is 0 Å². The third kappa shape index (κ3) is 4.27. The van der Waals surface area contributed by atoms with Crippen molar-refractivity contribution in [3.63, 3.8) is 0 Å². The number of imide groups is 1. The Bertz CT molecular complexity index is 1170. The minimum atomic E-state index is -0.737. The zero-order valence-electron chi connectivity index (χ0n) is 17.2. The lowest BCUT2D eigenvalue weighted by Crippen LogP contribution is -2.52. The van der Waals surface area contributed by atoms with Gasteiger partial charge in [-0.25, -0.2) is 5.01 Å². The number of fused-ring (bicyclic) bond motifs is 1. The quantitative estimate of drug-likeness (QED) is 0.211. The Labute approximate surface area is 193 Å². The van der Waals surface area contributed by atoms with Crippen molar-refractivity contribution in [2.75, 3.05) is 6.54 Å². The van der Waals surface area contributed by atoms with Gasteiger partial charge in [0.1, 0.15) is 6.54 Å². The fourth-order valence-corrected chi connectivity index (χ4v) is 4.14. The summed E-state index contributed by atoms with van der Waals surface area (Å²) in [5.74, 6) is -3.70. The molecule has 1 fully saturated rings. The van der Waals surface area contributed by atoms with Gasteiger partial charge in [0, 0.05) is 28.3 Å². The highest BCUT2D eigenvalue weighted by Crippen LogP contribution is 2.36. The lowest BCUT2D eigenvalue weighted by atomic mass is 9.85. The van der Waals surface area contributed by atoms with E-state index in [-0.39, 0.29) is 16.8 Å². The van der Waals surface area contributed by atoms with Crippen LogP contribution in [-0.2, 0) is 9.59 Å². The van der Waals surface area contributed by atoms with Crippen molar-refractivity contribution >= 4 is 40.8 Å². The second-order valence-corrected chi connectivity index (χ2v) is 8.18. The van der Waals surface area contributed by atoms with Gasteiger partial charge in [-0.3, -0.25) is 29.3 Å². The van der Waals surface area contributed by atoms with E-state index >= 15 is 0 Å². The van der Waals surface area contributed by atoms with Crippen molar-refractivity contribution in [3.8, 4) is 0 Å². The summed E-state index contributed by atoms with van der Waals surface area (Å²) in [6, 6.07) is 10.9. The fraction of sp³-hybridized carbons (Fsp3) is 0.217. The van der Waals surface area contributed by atoms with E-state index in [0.29, 0.717) is 17.9 Å². The zero-order valence-corrected chi connectivity index (χ0v) is 18.0. The number of hydrazine groups is 1. The lowest BCUT2D eigenvalue weighted by molar-refractivity contribution is -0.384. The number of nitro benzene ring substituents is 1. The summed E-state index contributed by atoms with van der Waals surface area (Å²) in [7, 11) is 0. The summed E-state index contributed by atoms with van der Waals surface area (Å²) >= 11 is 5.90. The molecule has 2 aliphatic rings. The van der Waals surface area contributed by atoms with Crippen LogP contribution in [0.4, 0.5) is 5.69 Å². The number of hydrogen-bond donors (Lipinski definition) is 0. The summed E-state index contributed by atoms with van der Waals surface area (Å²) in [6.45, 7) is -0.646. The molecule has 2 aromatic carbocycles. The average Bonchev–Trinajstić information content (AvgIpc) is 3.07. The number of nitro groups is 1. The predicted octanol–water partition coefficient (Wildman–Crippen LogP) is 3.44. The lowest BCUT2D eigenvalue weighted by Gasteiger charge is -2.30. The van der Waals surface area contributed by atoms with E-state index in [0.717, 1.165) is 16.1 Å². The van der Waals surface area contributed by atoms with Crippen LogP contribution in [-0.4, -0.2) is 45.0 Å². The van der Waals surface area contributed by atoms with Gasteiger partial charge < -0.3 is 0 Å². The highest BCUT2D eigenvalue weighted by atomic mass is 35.5. The third-order valence-electron chi connectivity index (χ3n) is 5.72. The number of non-ortho nitro benzene ring substituents is 1. The number of ketones is 1. The van der Waals surface area contributed by atoms with Crippen LogP contribution in [0.3, 0.4) is 0 Å². The smallest absolute Gasteiger partial charge is 0.273 e. The van der Waals surface area contributed by atoms with Crippen molar-refractivity contribution in [1.29, 1.82) is 0 Å². The van der Waals surface area contributed by atoms with Crippen LogP contribution in [0, 0.1) is 22.0 Å². The molecule has 0 radical (unpaired) electrons. The van der Waals surface area contributed by atoms with Gasteiger partial charge in [0.05, 0.1) is 16.8 Å². The minimum absolute atomic E-state index is 0.0173. The van der Waals surface area contributed by atoms with Gasteiger partial charge in [0.15, 0.2) is 5.78 Å². The molecule has 1 saturated heterocycles. The number of allylic oxidation sites excluding steroid dienone is 2. The van der Waals surface area contributed by atoms with E-state index in [1.165, 1.54) is 42.5 Å². The van der Waals surface area contributed by atoms with E-state index in [1.807, 2.05) is 12.2 Å². The fourth-order valence-electron chi connectivity index (χ4n) is 4.02. The molecule has 0 N–H and O–H groups in total. The van der Waals surface area contributed by atoms with Crippen LogP contribution >= 0.6 is 11.6 Å². The Balaban J connectivity index is 1.69. The van der Waals surface area contributed by atoms with Gasteiger partial charge in [-0.2, -0.15) is 5.01 Å². The summed E-state index contributed by atoms with van der Waals surface area (Å²) in [4.78, 5) is 63.0. The van der Waals surface area contributed by atoms with Crippen LogP contribution < -0.4 is 0 Å². The van der Waals surface area contributed by atoms with Crippen LogP contribution in [0.15, 0.2) is 60.7 Å². The molecule has 0 aromatic heterocycles. The molecular formula is C23H18ClN3O6. The molecule has 4 rings (SSSR count). The van der Waals surface area contributed by atoms with Gasteiger partial charge in [0.2, 0.25) is 0 Å². The monoisotopic (exact) mass is 467 g/mol.